The molecule has 0 aliphatic carbocycles. The zero-order valence-corrected chi connectivity index (χ0v) is 22.4. The molecular weight excluding hydrogens is 554 g/mol. The highest BCUT2D eigenvalue weighted by Gasteiger charge is 2.35. The number of aromatic nitrogens is 2. The molecule has 0 saturated carbocycles. The number of carbonyl (C=O) groups is 2. The van der Waals surface area contributed by atoms with Crippen LogP contribution >= 0.6 is 27.5 Å². The summed E-state index contributed by atoms with van der Waals surface area (Å²) >= 11 is 9.48. The number of rotatable bonds is 5. The molecule has 0 spiro atoms. The molecule has 0 unspecified atom stereocenters. The van der Waals surface area contributed by atoms with E-state index < -0.39 is 6.04 Å². The lowest BCUT2D eigenvalue weighted by Crippen LogP contribution is -2.32. The molecule has 0 bridgehead atoms. The molecule has 2 amide bonds. The number of carbonyl (C=O) groups excluding carboxylic acids is 2. The molecule has 1 aliphatic heterocycles. The maximum absolute atomic E-state index is 13.6. The fourth-order valence-corrected chi connectivity index (χ4v) is 4.71. The SMILES string of the molecule is CC1=C(C(=O)Nc2ccc(Cl)cc2)[C@H](c2ccc(Br)cc2)n2ncc(C(=O)Nc3cccc(C)c3)c2N1. The first-order valence-corrected chi connectivity index (χ1v) is 12.7. The van der Waals surface area contributed by atoms with E-state index in [0.717, 1.165) is 15.6 Å². The van der Waals surface area contributed by atoms with E-state index in [0.29, 0.717) is 39.0 Å². The molecule has 186 valence electrons. The standard InChI is InChI=1S/C28H23BrClN5O2/c1-16-4-3-5-22(14-16)34-27(36)23-15-31-35-25(18-6-8-19(29)9-7-18)24(17(2)32-26(23)35)28(37)33-21-12-10-20(30)11-13-21/h3-15,25,32H,1-2H3,(H,33,37)(H,34,36)/t25-/m0/s1. The molecule has 5 rings (SSSR count). The highest BCUT2D eigenvalue weighted by Crippen LogP contribution is 2.38. The average molecular weight is 577 g/mol. The number of hydrogen-bond donors (Lipinski definition) is 3. The van der Waals surface area contributed by atoms with E-state index in [4.69, 9.17) is 11.6 Å². The number of benzene rings is 3. The lowest BCUT2D eigenvalue weighted by atomic mass is 9.94. The van der Waals surface area contributed by atoms with Gasteiger partial charge in [-0.1, -0.05) is 51.8 Å². The van der Waals surface area contributed by atoms with Gasteiger partial charge in [-0.2, -0.15) is 5.10 Å². The fourth-order valence-electron chi connectivity index (χ4n) is 4.32. The van der Waals surface area contributed by atoms with Gasteiger partial charge in [0.15, 0.2) is 0 Å². The Hall–Kier alpha value is -3.88. The number of allylic oxidation sites excluding steroid dienone is 1. The van der Waals surface area contributed by atoms with Gasteiger partial charge in [0.2, 0.25) is 0 Å². The third-order valence-corrected chi connectivity index (χ3v) is 6.86. The van der Waals surface area contributed by atoms with Gasteiger partial charge in [0.05, 0.1) is 11.8 Å². The average Bonchev–Trinajstić information content (AvgIpc) is 3.28. The minimum Gasteiger partial charge on any atom is -0.343 e. The molecule has 0 saturated heterocycles. The molecule has 0 fully saturated rings. The molecule has 37 heavy (non-hydrogen) atoms. The summed E-state index contributed by atoms with van der Waals surface area (Å²) in [6.45, 7) is 3.79. The Morgan fingerprint density at radius 1 is 0.946 bits per heavy atom. The first-order valence-electron chi connectivity index (χ1n) is 11.6. The van der Waals surface area contributed by atoms with Gasteiger partial charge in [-0.05, 0) is 73.5 Å². The molecule has 3 N–H and O–H groups in total. The second kappa shape index (κ2) is 10.2. The molecule has 3 aromatic carbocycles. The number of amides is 2. The summed E-state index contributed by atoms with van der Waals surface area (Å²) in [5.74, 6) is -0.0680. The van der Waals surface area contributed by atoms with E-state index in [2.05, 4.69) is 37.0 Å². The Kier molecular flexibility index (Phi) is 6.86. The minimum absolute atomic E-state index is 0.285. The number of hydrogen-bond acceptors (Lipinski definition) is 4. The van der Waals surface area contributed by atoms with Crippen LogP contribution in [0.2, 0.25) is 5.02 Å². The van der Waals surface area contributed by atoms with Crippen LogP contribution in [0.25, 0.3) is 0 Å². The van der Waals surface area contributed by atoms with E-state index in [9.17, 15) is 9.59 Å². The lowest BCUT2D eigenvalue weighted by molar-refractivity contribution is -0.113. The van der Waals surface area contributed by atoms with Crippen molar-refractivity contribution in [3.8, 4) is 0 Å². The summed E-state index contributed by atoms with van der Waals surface area (Å²) < 4.78 is 2.59. The first-order chi connectivity index (χ1) is 17.8. The summed E-state index contributed by atoms with van der Waals surface area (Å²) in [6, 6.07) is 21.6. The van der Waals surface area contributed by atoms with Crippen molar-refractivity contribution >= 4 is 56.5 Å². The van der Waals surface area contributed by atoms with Gasteiger partial charge in [-0.3, -0.25) is 9.59 Å². The predicted octanol–water partition coefficient (Wildman–Crippen LogP) is 6.79. The Balaban J connectivity index is 1.53. The Labute approximate surface area is 227 Å². The Bertz CT molecular complexity index is 1530. The van der Waals surface area contributed by atoms with E-state index in [-0.39, 0.29) is 11.8 Å². The number of nitrogens with zero attached hydrogens (tertiary/aromatic N) is 2. The monoisotopic (exact) mass is 575 g/mol. The third kappa shape index (κ3) is 5.16. The topological polar surface area (TPSA) is 88.0 Å². The molecular formula is C28H23BrClN5O2. The number of fused-ring (bicyclic) bond motifs is 1. The van der Waals surface area contributed by atoms with Crippen molar-refractivity contribution in [3.05, 3.63) is 116 Å². The molecule has 7 nitrogen and oxygen atoms in total. The van der Waals surface area contributed by atoms with Crippen LogP contribution in [0.3, 0.4) is 0 Å². The summed E-state index contributed by atoms with van der Waals surface area (Å²) in [6.07, 6.45) is 1.52. The largest absolute Gasteiger partial charge is 0.343 e. The Morgan fingerprint density at radius 3 is 2.35 bits per heavy atom. The van der Waals surface area contributed by atoms with E-state index in [1.807, 2.05) is 62.4 Å². The van der Waals surface area contributed by atoms with Gasteiger partial charge < -0.3 is 16.0 Å². The van der Waals surface area contributed by atoms with Crippen LogP contribution in [-0.4, -0.2) is 21.6 Å². The first kappa shape index (κ1) is 24.8. The van der Waals surface area contributed by atoms with Gasteiger partial charge in [-0.25, -0.2) is 4.68 Å². The van der Waals surface area contributed by atoms with Gasteiger partial charge >= 0.3 is 0 Å². The summed E-state index contributed by atoms with van der Waals surface area (Å²) in [5, 5.41) is 14.3. The van der Waals surface area contributed by atoms with Crippen molar-refractivity contribution in [3.63, 3.8) is 0 Å². The molecule has 0 radical (unpaired) electrons. The highest BCUT2D eigenvalue weighted by atomic mass is 79.9. The third-order valence-electron chi connectivity index (χ3n) is 6.08. The smallest absolute Gasteiger partial charge is 0.261 e. The van der Waals surface area contributed by atoms with Crippen molar-refractivity contribution < 1.29 is 9.59 Å². The van der Waals surface area contributed by atoms with Crippen LogP contribution in [0.4, 0.5) is 17.2 Å². The molecule has 2 heterocycles. The van der Waals surface area contributed by atoms with Crippen LogP contribution in [-0.2, 0) is 4.79 Å². The maximum atomic E-state index is 13.6. The van der Waals surface area contributed by atoms with Crippen LogP contribution in [0, 0.1) is 6.92 Å². The van der Waals surface area contributed by atoms with Crippen LogP contribution < -0.4 is 16.0 Å². The van der Waals surface area contributed by atoms with E-state index in [1.54, 1.807) is 28.9 Å². The zero-order valence-electron chi connectivity index (χ0n) is 20.0. The minimum atomic E-state index is -0.558. The highest BCUT2D eigenvalue weighted by molar-refractivity contribution is 9.10. The zero-order chi connectivity index (χ0) is 26.1. The maximum Gasteiger partial charge on any atom is 0.261 e. The van der Waals surface area contributed by atoms with Crippen molar-refractivity contribution in [2.24, 2.45) is 0 Å². The van der Waals surface area contributed by atoms with Gasteiger partial charge in [-0.15, -0.1) is 0 Å². The van der Waals surface area contributed by atoms with Crippen LogP contribution in [0.5, 0.6) is 0 Å². The van der Waals surface area contributed by atoms with Gasteiger partial charge in [0, 0.05) is 26.6 Å². The summed E-state index contributed by atoms with van der Waals surface area (Å²) in [5.41, 5.74) is 4.68. The normalized spacial score (nSPS) is 14.5. The molecule has 1 atom stereocenters. The number of anilines is 3. The van der Waals surface area contributed by atoms with E-state index >= 15 is 0 Å². The van der Waals surface area contributed by atoms with Gasteiger partial charge in [0.25, 0.3) is 11.8 Å². The predicted molar refractivity (Wildman–Crippen MR) is 150 cm³/mol. The van der Waals surface area contributed by atoms with Gasteiger partial charge in [0.1, 0.15) is 17.4 Å². The molecule has 1 aromatic heterocycles. The Morgan fingerprint density at radius 2 is 1.65 bits per heavy atom. The lowest BCUT2D eigenvalue weighted by Gasteiger charge is -2.30. The number of halogens is 2. The molecule has 4 aromatic rings. The second-order valence-corrected chi connectivity index (χ2v) is 10.1. The fraction of sp³-hybridized carbons (Fsp3) is 0.107. The van der Waals surface area contributed by atoms with Crippen molar-refractivity contribution in [1.29, 1.82) is 0 Å². The van der Waals surface area contributed by atoms with Crippen LogP contribution in [0.1, 0.15) is 34.5 Å². The van der Waals surface area contributed by atoms with Crippen molar-refractivity contribution in [2.75, 3.05) is 16.0 Å². The number of aryl methyl sites for hydroxylation is 1. The van der Waals surface area contributed by atoms with Crippen molar-refractivity contribution in [2.45, 2.75) is 19.9 Å². The van der Waals surface area contributed by atoms with E-state index in [1.165, 1.54) is 6.20 Å². The summed E-state index contributed by atoms with van der Waals surface area (Å²) in [4.78, 5) is 26.8. The van der Waals surface area contributed by atoms with Crippen LogP contribution in [0.15, 0.2) is 94.7 Å². The second-order valence-electron chi connectivity index (χ2n) is 8.75. The molecule has 1 aliphatic rings. The van der Waals surface area contributed by atoms with Crippen molar-refractivity contribution in [1.82, 2.24) is 9.78 Å². The number of nitrogens with one attached hydrogen (secondary N) is 3. The quantitative estimate of drug-likeness (QED) is 0.244. The summed E-state index contributed by atoms with van der Waals surface area (Å²) in [7, 11) is 0. The molecule has 9 heteroatoms.